The number of carbonyl (C=O) groups excluding carboxylic acids is 1. The normalized spacial score (nSPS) is 12.3. The van der Waals surface area contributed by atoms with Gasteiger partial charge in [0.25, 0.3) is 0 Å². The summed E-state index contributed by atoms with van der Waals surface area (Å²) in [4.78, 5) is 18.3. The number of carbonyl (C=O) groups is 1. The molecule has 134 valence electrons. The molecule has 0 spiro atoms. The van der Waals surface area contributed by atoms with Crippen molar-refractivity contribution in [3.8, 4) is 22.5 Å². The third-order valence-electron chi connectivity index (χ3n) is 4.63. The van der Waals surface area contributed by atoms with Crippen LogP contribution in [0.3, 0.4) is 0 Å². The Kier molecular flexibility index (Phi) is 5.19. The van der Waals surface area contributed by atoms with Crippen molar-refractivity contribution < 1.29 is 4.79 Å². The number of amides is 1. The monoisotopic (exact) mass is 348 g/mol. The van der Waals surface area contributed by atoms with Gasteiger partial charge in [0.15, 0.2) is 0 Å². The number of hydrogen-bond donors (Lipinski definition) is 1. The van der Waals surface area contributed by atoms with Crippen molar-refractivity contribution in [2.75, 3.05) is 14.1 Å². The molecular formula is C21H24N4O. The smallest absolute Gasteiger partial charge is 0.237 e. The third-order valence-corrected chi connectivity index (χ3v) is 4.63. The third kappa shape index (κ3) is 3.68. The van der Waals surface area contributed by atoms with E-state index in [0.717, 1.165) is 22.5 Å². The Morgan fingerprint density at radius 3 is 2.46 bits per heavy atom. The quantitative estimate of drug-likeness (QED) is 0.743. The molecule has 0 saturated carbocycles. The van der Waals surface area contributed by atoms with Crippen LogP contribution in [0.4, 0.5) is 0 Å². The van der Waals surface area contributed by atoms with Gasteiger partial charge in [-0.2, -0.15) is 0 Å². The van der Waals surface area contributed by atoms with Crippen molar-refractivity contribution in [1.82, 2.24) is 14.5 Å². The number of primary amides is 1. The second kappa shape index (κ2) is 7.54. The van der Waals surface area contributed by atoms with Crippen molar-refractivity contribution in [2.45, 2.75) is 19.5 Å². The lowest BCUT2D eigenvalue weighted by molar-refractivity contribution is -0.118. The van der Waals surface area contributed by atoms with E-state index in [4.69, 9.17) is 5.73 Å². The fourth-order valence-corrected chi connectivity index (χ4v) is 3.02. The van der Waals surface area contributed by atoms with Gasteiger partial charge in [-0.15, -0.1) is 0 Å². The topological polar surface area (TPSA) is 64.2 Å². The van der Waals surface area contributed by atoms with E-state index < -0.39 is 0 Å². The summed E-state index contributed by atoms with van der Waals surface area (Å²) in [6.07, 6.45) is 1.68. The zero-order chi connectivity index (χ0) is 18.7. The van der Waals surface area contributed by atoms with Gasteiger partial charge >= 0.3 is 0 Å². The Labute approximate surface area is 154 Å². The number of nitrogens with zero attached hydrogens (tertiary/aromatic N) is 3. The summed E-state index contributed by atoms with van der Waals surface area (Å²) in [5.41, 5.74) is 10.4. The molecule has 1 heterocycles. The van der Waals surface area contributed by atoms with Crippen LogP contribution >= 0.6 is 0 Å². The Hall–Kier alpha value is -2.92. The maximum atomic E-state index is 11.5. The summed E-state index contributed by atoms with van der Waals surface area (Å²) in [6.45, 7) is 2.26. The molecule has 5 heteroatoms. The standard InChI is InChI=1S/C21H24N4O/c1-15(24(2)3)17-10-7-11-18(12-17)21-20(16-8-5-4-6-9-16)23-14-25(21)13-19(22)26/h4-12,14-15H,13H2,1-3H3,(H2,22,26)/t15-/m0/s1. The number of nitrogens with two attached hydrogens (primary N) is 1. The number of benzene rings is 2. The second-order valence-electron chi connectivity index (χ2n) is 6.67. The lowest BCUT2D eigenvalue weighted by Crippen LogP contribution is -2.19. The van der Waals surface area contributed by atoms with E-state index in [9.17, 15) is 4.79 Å². The SMILES string of the molecule is C[C@@H](c1cccc(-c2c(-c3ccccc3)ncn2CC(N)=O)c1)N(C)C. The van der Waals surface area contributed by atoms with Crippen molar-refractivity contribution >= 4 is 5.91 Å². The first-order valence-electron chi connectivity index (χ1n) is 8.63. The van der Waals surface area contributed by atoms with Gasteiger partial charge in [-0.05, 0) is 32.6 Å². The molecule has 0 aliphatic rings. The van der Waals surface area contributed by atoms with Gasteiger partial charge in [-0.3, -0.25) is 4.79 Å². The molecule has 5 nitrogen and oxygen atoms in total. The van der Waals surface area contributed by atoms with Crippen LogP contribution in [-0.4, -0.2) is 34.5 Å². The van der Waals surface area contributed by atoms with Crippen molar-refractivity contribution in [1.29, 1.82) is 0 Å². The number of hydrogen-bond acceptors (Lipinski definition) is 3. The fourth-order valence-electron chi connectivity index (χ4n) is 3.02. The second-order valence-corrected chi connectivity index (χ2v) is 6.67. The van der Waals surface area contributed by atoms with Crippen molar-refractivity contribution in [2.24, 2.45) is 5.73 Å². The zero-order valence-electron chi connectivity index (χ0n) is 15.4. The van der Waals surface area contributed by atoms with Crippen LogP contribution in [-0.2, 0) is 11.3 Å². The van der Waals surface area contributed by atoms with Gasteiger partial charge < -0.3 is 15.2 Å². The Morgan fingerprint density at radius 1 is 1.12 bits per heavy atom. The molecule has 2 aromatic carbocycles. The molecule has 0 unspecified atom stereocenters. The molecule has 2 N–H and O–H groups in total. The zero-order valence-corrected chi connectivity index (χ0v) is 15.4. The minimum absolute atomic E-state index is 0.0998. The van der Waals surface area contributed by atoms with Crippen LogP contribution in [0.2, 0.25) is 0 Å². The van der Waals surface area contributed by atoms with Crippen LogP contribution in [0.25, 0.3) is 22.5 Å². The first-order valence-corrected chi connectivity index (χ1v) is 8.63. The predicted octanol–water partition coefficient (Wildman–Crippen LogP) is 3.33. The summed E-state index contributed by atoms with van der Waals surface area (Å²) < 4.78 is 1.82. The Balaban J connectivity index is 2.15. The minimum Gasteiger partial charge on any atom is -0.368 e. The molecule has 0 bridgehead atoms. The van der Waals surface area contributed by atoms with E-state index in [1.54, 1.807) is 6.33 Å². The summed E-state index contributed by atoms with van der Waals surface area (Å²) in [5.74, 6) is -0.388. The first kappa shape index (κ1) is 17.9. The van der Waals surface area contributed by atoms with Crippen LogP contribution in [0.15, 0.2) is 60.9 Å². The molecule has 1 atom stereocenters. The van der Waals surface area contributed by atoms with Gasteiger partial charge in [0, 0.05) is 17.2 Å². The van der Waals surface area contributed by atoms with Gasteiger partial charge in [0.1, 0.15) is 6.54 Å². The average Bonchev–Trinajstić information content (AvgIpc) is 3.04. The summed E-state index contributed by atoms with van der Waals surface area (Å²) in [7, 11) is 4.12. The number of aromatic nitrogens is 2. The molecule has 0 fully saturated rings. The van der Waals surface area contributed by atoms with E-state index in [1.807, 2.05) is 47.0 Å². The van der Waals surface area contributed by atoms with Crippen LogP contribution in [0.5, 0.6) is 0 Å². The highest BCUT2D eigenvalue weighted by Gasteiger charge is 2.17. The lowest BCUT2D eigenvalue weighted by Gasteiger charge is -2.21. The molecule has 0 aliphatic heterocycles. The maximum Gasteiger partial charge on any atom is 0.237 e. The van der Waals surface area contributed by atoms with Gasteiger partial charge in [0.05, 0.1) is 17.7 Å². The van der Waals surface area contributed by atoms with E-state index in [2.05, 4.69) is 43.0 Å². The van der Waals surface area contributed by atoms with Gasteiger partial charge in [0.2, 0.25) is 5.91 Å². The van der Waals surface area contributed by atoms with E-state index >= 15 is 0 Å². The summed E-state index contributed by atoms with van der Waals surface area (Å²) >= 11 is 0. The first-order chi connectivity index (χ1) is 12.5. The highest BCUT2D eigenvalue weighted by molar-refractivity contribution is 5.81. The van der Waals surface area contributed by atoms with E-state index in [-0.39, 0.29) is 18.5 Å². The van der Waals surface area contributed by atoms with Crippen molar-refractivity contribution in [3.63, 3.8) is 0 Å². The molecule has 1 amide bonds. The van der Waals surface area contributed by atoms with Crippen LogP contribution < -0.4 is 5.73 Å². The van der Waals surface area contributed by atoms with Crippen LogP contribution in [0, 0.1) is 0 Å². The molecular weight excluding hydrogens is 324 g/mol. The van der Waals surface area contributed by atoms with Crippen LogP contribution in [0.1, 0.15) is 18.5 Å². The molecule has 0 aliphatic carbocycles. The van der Waals surface area contributed by atoms with E-state index in [1.165, 1.54) is 5.56 Å². The minimum atomic E-state index is -0.388. The number of imidazole rings is 1. The lowest BCUT2D eigenvalue weighted by atomic mass is 10.00. The van der Waals surface area contributed by atoms with Gasteiger partial charge in [-0.25, -0.2) is 4.98 Å². The molecule has 1 aromatic heterocycles. The summed E-state index contributed by atoms with van der Waals surface area (Å²) in [6, 6.07) is 18.6. The number of rotatable bonds is 6. The maximum absolute atomic E-state index is 11.5. The Bertz CT molecular complexity index is 899. The molecule has 3 aromatic rings. The molecule has 26 heavy (non-hydrogen) atoms. The summed E-state index contributed by atoms with van der Waals surface area (Å²) in [5, 5.41) is 0. The molecule has 0 saturated heterocycles. The highest BCUT2D eigenvalue weighted by atomic mass is 16.1. The largest absolute Gasteiger partial charge is 0.368 e. The van der Waals surface area contributed by atoms with E-state index in [0.29, 0.717) is 0 Å². The fraction of sp³-hybridized carbons (Fsp3) is 0.238. The predicted molar refractivity (Wildman–Crippen MR) is 104 cm³/mol. The molecule has 3 rings (SSSR count). The van der Waals surface area contributed by atoms with Gasteiger partial charge in [-0.1, -0.05) is 48.5 Å². The highest BCUT2D eigenvalue weighted by Crippen LogP contribution is 2.33. The molecule has 0 radical (unpaired) electrons. The Morgan fingerprint density at radius 2 is 1.81 bits per heavy atom. The average molecular weight is 348 g/mol. The van der Waals surface area contributed by atoms with Crippen molar-refractivity contribution in [3.05, 3.63) is 66.5 Å².